The van der Waals surface area contributed by atoms with Crippen LogP contribution in [0.5, 0.6) is 0 Å². The zero-order valence-electron chi connectivity index (χ0n) is 17.9. The van der Waals surface area contributed by atoms with Gasteiger partial charge in [-0.05, 0) is 62.2 Å². The summed E-state index contributed by atoms with van der Waals surface area (Å²) in [7, 11) is 0. The summed E-state index contributed by atoms with van der Waals surface area (Å²) in [6.07, 6.45) is 0.668. The molecule has 0 aliphatic rings. The normalized spacial score (nSPS) is 10.7. The van der Waals surface area contributed by atoms with Crippen LogP contribution in [-0.2, 0) is 6.42 Å². The molecule has 4 rings (SSSR count). The molecule has 0 fully saturated rings. The second-order valence-electron chi connectivity index (χ2n) is 7.04. The van der Waals surface area contributed by atoms with Crippen molar-refractivity contribution >= 4 is 27.3 Å². The van der Waals surface area contributed by atoms with Gasteiger partial charge >= 0.3 is 0 Å². The third-order valence-electron chi connectivity index (χ3n) is 4.84. The first-order valence-corrected chi connectivity index (χ1v) is 10.8. The number of benzene rings is 2. The molecule has 2 heterocycles. The molecule has 6 heteroatoms. The number of carbonyl (C=O) groups excluding carboxylic acids is 1. The number of amides is 1. The quantitative estimate of drug-likeness (QED) is 0.446. The van der Waals surface area contributed by atoms with Crippen molar-refractivity contribution < 1.29 is 9.18 Å². The van der Waals surface area contributed by atoms with Crippen LogP contribution in [0.15, 0.2) is 42.5 Å². The molecule has 1 amide bonds. The number of hydrogen-bond donors (Lipinski definition) is 1. The molecule has 156 valence electrons. The predicted molar refractivity (Wildman–Crippen MR) is 122 cm³/mol. The summed E-state index contributed by atoms with van der Waals surface area (Å²) >= 11 is 1.68. The fourth-order valence-electron chi connectivity index (χ4n) is 3.72. The first-order chi connectivity index (χ1) is 14.3. The molecule has 30 heavy (non-hydrogen) atoms. The van der Waals surface area contributed by atoms with E-state index in [0.717, 1.165) is 37.5 Å². The Bertz CT molecular complexity index is 1200. The lowest BCUT2D eigenvalue weighted by Crippen LogP contribution is -2.13. The number of fused-ring (bicyclic) bond motifs is 1. The Morgan fingerprint density at radius 2 is 1.87 bits per heavy atom. The largest absolute Gasteiger partial charge is 0.365 e. The Balaban J connectivity index is 0.00000124. The first kappa shape index (κ1) is 21.7. The maximum absolute atomic E-state index is 13.7. The molecule has 0 spiro atoms. The van der Waals surface area contributed by atoms with Gasteiger partial charge < -0.3 is 5.73 Å². The van der Waals surface area contributed by atoms with Crippen molar-refractivity contribution in [2.24, 2.45) is 5.73 Å². The number of aromatic nitrogens is 2. The van der Waals surface area contributed by atoms with E-state index in [1.165, 1.54) is 6.07 Å². The number of hydrogen-bond acceptors (Lipinski definition) is 3. The van der Waals surface area contributed by atoms with E-state index in [2.05, 4.69) is 17.2 Å². The summed E-state index contributed by atoms with van der Waals surface area (Å²) in [5, 5.41) is 5.59. The lowest BCUT2D eigenvalue weighted by molar-refractivity contribution is 0.0999. The molecule has 0 unspecified atom stereocenters. The highest BCUT2D eigenvalue weighted by Gasteiger charge is 2.19. The third-order valence-corrected chi connectivity index (χ3v) is 5.94. The molecule has 2 aromatic carbocycles. The average Bonchev–Trinajstić information content (AvgIpc) is 3.21. The van der Waals surface area contributed by atoms with Gasteiger partial charge in [-0.15, -0.1) is 11.3 Å². The van der Waals surface area contributed by atoms with E-state index in [0.29, 0.717) is 17.7 Å². The van der Waals surface area contributed by atoms with Crippen LogP contribution in [0.25, 0.3) is 15.8 Å². The summed E-state index contributed by atoms with van der Waals surface area (Å²) in [6.45, 7) is 9.53. The van der Waals surface area contributed by atoms with E-state index < -0.39 is 5.91 Å². The highest BCUT2D eigenvalue weighted by molar-refractivity contribution is 7.19. The molecule has 0 aliphatic heterocycles. The van der Waals surface area contributed by atoms with Crippen LogP contribution >= 0.6 is 11.3 Å². The molecule has 4 nitrogen and oxygen atoms in total. The van der Waals surface area contributed by atoms with Gasteiger partial charge in [0.25, 0.3) is 5.91 Å². The van der Waals surface area contributed by atoms with Crippen LogP contribution in [0, 0.1) is 26.6 Å². The highest BCUT2D eigenvalue weighted by Crippen LogP contribution is 2.33. The number of rotatable bonds is 4. The summed E-state index contributed by atoms with van der Waals surface area (Å²) in [5.74, 6) is -0.681. The summed E-state index contributed by atoms with van der Waals surface area (Å²) in [4.78, 5) is 12.9. The molecule has 4 aromatic rings. The number of nitrogens with zero attached hydrogens (tertiary/aromatic N) is 2. The molecule has 0 bridgehead atoms. The van der Waals surface area contributed by atoms with Gasteiger partial charge in [0.2, 0.25) is 0 Å². The topological polar surface area (TPSA) is 60.9 Å². The van der Waals surface area contributed by atoms with Crippen molar-refractivity contribution in [3.63, 3.8) is 0 Å². The lowest BCUT2D eigenvalue weighted by Gasteiger charge is -2.06. The van der Waals surface area contributed by atoms with Crippen molar-refractivity contribution in [3.8, 4) is 5.69 Å². The molecule has 0 radical (unpaired) electrons. The SMILES string of the molecule is CC.Cc1cc(F)cc(Cc2cc3c(-n4nc(C)c(C(N)=O)c4C)cccc3s2)c1. The van der Waals surface area contributed by atoms with Gasteiger partial charge in [0.15, 0.2) is 0 Å². The van der Waals surface area contributed by atoms with E-state index in [-0.39, 0.29) is 5.82 Å². The summed E-state index contributed by atoms with van der Waals surface area (Å²) in [6, 6.07) is 13.3. The first-order valence-electron chi connectivity index (χ1n) is 9.97. The molecule has 0 aliphatic carbocycles. The van der Waals surface area contributed by atoms with Gasteiger partial charge in [0.05, 0.1) is 22.6 Å². The molecule has 0 atom stereocenters. The third kappa shape index (κ3) is 4.14. The number of nitrogens with two attached hydrogens (primary N) is 1. The smallest absolute Gasteiger partial charge is 0.252 e. The lowest BCUT2D eigenvalue weighted by atomic mass is 10.1. The minimum atomic E-state index is -0.471. The maximum atomic E-state index is 13.7. The number of halogens is 1. The van der Waals surface area contributed by atoms with Crippen molar-refractivity contribution in [2.75, 3.05) is 0 Å². The Kier molecular flexibility index (Phi) is 6.37. The van der Waals surface area contributed by atoms with Crippen LogP contribution in [0.2, 0.25) is 0 Å². The molecule has 0 saturated carbocycles. The second-order valence-corrected chi connectivity index (χ2v) is 8.21. The van der Waals surface area contributed by atoms with Gasteiger partial charge in [0.1, 0.15) is 5.82 Å². The number of carbonyl (C=O) groups is 1. The van der Waals surface area contributed by atoms with Crippen molar-refractivity contribution in [1.29, 1.82) is 0 Å². The minimum absolute atomic E-state index is 0.210. The summed E-state index contributed by atoms with van der Waals surface area (Å²) in [5.41, 5.74) is 10.1. The van der Waals surface area contributed by atoms with Crippen LogP contribution in [0.4, 0.5) is 4.39 Å². The molecular formula is C24H26FN3OS. The van der Waals surface area contributed by atoms with Gasteiger partial charge in [-0.1, -0.05) is 26.0 Å². The van der Waals surface area contributed by atoms with Crippen molar-refractivity contribution in [2.45, 2.75) is 41.0 Å². The van der Waals surface area contributed by atoms with E-state index >= 15 is 0 Å². The number of thiophene rings is 1. The van der Waals surface area contributed by atoms with E-state index in [1.807, 2.05) is 45.9 Å². The van der Waals surface area contributed by atoms with Gasteiger partial charge in [-0.25, -0.2) is 9.07 Å². The fourth-order valence-corrected chi connectivity index (χ4v) is 4.84. The van der Waals surface area contributed by atoms with Crippen LogP contribution < -0.4 is 5.73 Å². The molecule has 2 N–H and O–H groups in total. The van der Waals surface area contributed by atoms with Crippen molar-refractivity contribution in [3.05, 3.63) is 81.2 Å². The number of aryl methyl sites for hydroxylation is 2. The summed E-state index contributed by atoms with van der Waals surface area (Å²) < 4.78 is 16.6. The number of primary amides is 1. The Hall–Kier alpha value is -2.99. The molecule has 0 saturated heterocycles. The van der Waals surface area contributed by atoms with E-state index in [1.54, 1.807) is 29.0 Å². The zero-order chi connectivity index (χ0) is 22.0. The Labute approximate surface area is 180 Å². The van der Waals surface area contributed by atoms with E-state index in [4.69, 9.17) is 5.73 Å². The van der Waals surface area contributed by atoms with Crippen molar-refractivity contribution in [1.82, 2.24) is 9.78 Å². The van der Waals surface area contributed by atoms with E-state index in [9.17, 15) is 9.18 Å². The Morgan fingerprint density at radius 1 is 1.13 bits per heavy atom. The predicted octanol–water partition coefficient (Wildman–Crippen LogP) is 5.87. The monoisotopic (exact) mass is 423 g/mol. The molecule has 2 aromatic heterocycles. The van der Waals surface area contributed by atoms with Crippen LogP contribution in [0.3, 0.4) is 0 Å². The van der Waals surface area contributed by atoms with Gasteiger partial charge in [-0.3, -0.25) is 4.79 Å². The molecular weight excluding hydrogens is 397 g/mol. The average molecular weight is 424 g/mol. The van der Waals surface area contributed by atoms with Gasteiger partial charge in [0, 0.05) is 21.4 Å². The Morgan fingerprint density at radius 3 is 2.50 bits per heavy atom. The highest BCUT2D eigenvalue weighted by atomic mass is 32.1. The zero-order valence-corrected chi connectivity index (χ0v) is 18.7. The maximum Gasteiger partial charge on any atom is 0.252 e. The second kappa shape index (κ2) is 8.79. The van der Waals surface area contributed by atoms with Crippen LogP contribution in [-0.4, -0.2) is 15.7 Å². The van der Waals surface area contributed by atoms with Gasteiger partial charge in [-0.2, -0.15) is 5.10 Å². The minimum Gasteiger partial charge on any atom is -0.365 e. The fraction of sp³-hybridized carbons (Fsp3) is 0.250. The van der Waals surface area contributed by atoms with Crippen LogP contribution in [0.1, 0.15) is 51.6 Å². The standard InChI is InChI=1S/C22H20FN3OS.C2H6/c1-12-7-15(9-16(23)8-12)10-17-11-18-19(5-4-6-20(18)28-17)26-14(3)21(22(24)27)13(2)25-26;1-2/h4-9,11H,10H2,1-3H3,(H2,24,27);1-2H3.